The molecule has 0 aromatic heterocycles. The summed E-state index contributed by atoms with van der Waals surface area (Å²) in [5, 5.41) is 9.60. The van der Waals surface area contributed by atoms with Crippen LogP contribution in [0.3, 0.4) is 0 Å². The van der Waals surface area contributed by atoms with Crippen molar-refractivity contribution >= 4 is 5.91 Å². The molecule has 0 radical (unpaired) electrons. The van der Waals surface area contributed by atoms with Crippen LogP contribution in [0.5, 0.6) is 0 Å². The Labute approximate surface area is 128 Å². The molecule has 1 aliphatic heterocycles. The number of benzene rings is 1. The van der Waals surface area contributed by atoms with E-state index in [0.29, 0.717) is 0 Å². The van der Waals surface area contributed by atoms with Crippen molar-refractivity contribution in [3.8, 4) is 0 Å². The minimum atomic E-state index is -0.0329. The molecular weight excluding hydrogens is 262 g/mol. The van der Waals surface area contributed by atoms with Gasteiger partial charge >= 0.3 is 0 Å². The number of rotatable bonds is 5. The number of hydrogen-bond acceptors (Lipinski definition) is 2. The first kappa shape index (κ1) is 16.0. The number of nitrogens with zero attached hydrogens (tertiary/aromatic N) is 1. The first-order valence-electron chi connectivity index (χ1n) is 8.10. The molecule has 1 N–H and O–H groups in total. The molecule has 3 heteroatoms. The minimum absolute atomic E-state index is 0.0329. The maximum absolute atomic E-state index is 12.8. The number of carbonyl (C=O) groups is 1. The van der Waals surface area contributed by atoms with Gasteiger partial charge in [0.05, 0.1) is 5.92 Å². The molecule has 21 heavy (non-hydrogen) atoms. The highest BCUT2D eigenvalue weighted by Crippen LogP contribution is 2.35. The van der Waals surface area contributed by atoms with Crippen LogP contribution in [0.1, 0.15) is 51.0 Å². The van der Waals surface area contributed by atoms with E-state index in [9.17, 15) is 9.90 Å². The van der Waals surface area contributed by atoms with Crippen LogP contribution in [-0.4, -0.2) is 35.6 Å². The molecule has 1 fully saturated rings. The lowest BCUT2D eigenvalue weighted by Crippen LogP contribution is -2.46. The average Bonchev–Trinajstić information content (AvgIpc) is 2.56. The van der Waals surface area contributed by atoms with Crippen molar-refractivity contribution in [3.05, 3.63) is 35.9 Å². The Kier molecular flexibility index (Phi) is 5.40. The second-order valence-corrected chi connectivity index (χ2v) is 6.21. The molecule has 1 saturated heterocycles. The van der Waals surface area contributed by atoms with Crippen molar-refractivity contribution in [2.45, 2.75) is 45.4 Å². The zero-order valence-electron chi connectivity index (χ0n) is 13.2. The smallest absolute Gasteiger partial charge is 0.230 e. The highest BCUT2D eigenvalue weighted by atomic mass is 16.3. The van der Waals surface area contributed by atoms with Crippen LogP contribution in [-0.2, 0) is 4.79 Å². The number of carbonyl (C=O) groups excluding carboxylic acids is 1. The molecule has 1 unspecified atom stereocenters. The number of piperidine rings is 1. The van der Waals surface area contributed by atoms with E-state index in [1.54, 1.807) is 0 Å². The standard InChI is InChI=1S/C18H27NO2/c1-3-16(15-8-6-5-7-9-15)17(21)19-12-10-18(4-2,14-20)11-13-19/h5-9,16,20H,3-4,10-14H2,1-2H3. The first-order valence-corrected chi connectivity index (χ1v) is 8.10. The van der Waals surface area contributed by atoms with Gasteiger partial charge in [-0.25, -0.2) is 0 Å². The molecule has 0 bridgehead atoms. The lowest BCUT2D eigenvalue weighted by molar-refractivity contribution is -0.135. The van der Waals surface area contributed by atoms with Gasteiger partial charge in [0.25, 0.3) is 0 Å². The summed E-state index contributed by atoms with van der Waals surface area (Å²) in [6.45, 7) is 5.99. The number of likely N-dealkylation sites (tertiary alicyclic amines) is 1. The highest BCUT2D eigenvalue weighted by Gasteiger charge is 2.35. The van der Waals surface area contributed by atoms with Gasteiger partial charge in [-0.05, 0) is 36.7 Å². The maximum Gasteiger partial charge on any atom is 0.230 e. The highest BCUT2D eigenvalue weighted by molar-refractivity contribution is 5.83. The largest absolute Gasteiger partial charge is 0.396 e. The van der Waals surface area contributed by atoms with E-state index < -0.39 is 0 Å². The molecule has 0 spiro atoms. The first-order chi connectivity index (χ1) is 10.2. The summed E-state index contributed by atoms with van der Waals surface area (Å²) >= 11 is 0. The van der Waals surface area contributed by atoms with Crippen molar-refractivity contribution < 1.29 is 9.90 Å². The topological polar surface area (TPSA) is 40.5 Å². The molecule has 1 aromatic rings. The summed E-state index contributed by atoms with van der Waals surface area (Å²) in [5.74, 6) is 0.209. The van der Waals surface area contributed by atoms with Crippen LogP contribution >= 0.6 is 0 Å². The van der Waals surface area contributed by atoms with E-state index in [-0.39, 0.29) is 23.8 Å². The molecule has 0 aliphatic carbocycles. The lowest BCUT2D eigenvalue weighted by Gasteiger charge is -2.41. The van der Waals surface area contributed by atoms with Gasteiger partial charge in [0.2, 0.25) is 5.91 Å². The van der Waals surface area contributed by atoms with E-state index in [0.717, 1.165) is 44.3 Å². The summed E-state index contributed by atoms with van der Waals surface area (Å²) < 4.78 is 0. The van der Waals surface area contributed by atoms with Gasteiger partial charge in [0, 0.05) is 19.7 Å². The summed E-state index contributed by atoms with van der Waals surface area (Å²) in [5.41, 5.74) is 1.14. The quantitative estimate of drug-likeness (QED) is 0.904. The van der Waals surface area contributed by atoms with Gasteiger partial charge in [0.1, 0.15) is 0 Å². The van der Waals surface area contributed by atoms with Gasteiger partial charge < -0.3 is 10.0 Å². The Morgan fingerprint density at radius 2 is 1.86 bits per heavy atom. The average molecular weight is 289 g/mol. The van der Waals surface area contributed by atoms with Crippen LogP contribution in [0.4, 0.5) is 0 Å². The van der Waals surface area contributed by atoms with E-state index in [4.69, 9.17) is 0 Å². The third kappa shape index (κ3) is 3.46. The van der Waals surface area contributed by atoms with E-state index in [2.05, 4.69) is 13.8 Å². The van der Waals surface area contributed by atoms with E-state index in [1.807, 2.05) is 35.2 Å². The van der Waals surface area contributed by atoms with E-state index in [1.165, 1.54) is 0 Å². The second-order valence-electron chi connectivity index (χ2n) is 6.21. The van der Waals surface area contributed by atoms with Crippen molar-refractivity contribution in [1.82, 2.24) is 4.90 Å². The summed E-state index contributed by atoms with van der Waals surface area (Å²) in [4.78, 5) is 14.8. The molecular formula is C18H27NO2. The van der Waals surface area contributed by atoms with Gasteiger partial charge in [0.15, 0.2) is 0 Å². The predicted molar refractivity (Wildman–Crippen MR) is 85.1 cm³/mol. The lowest BCUT2D eigenvalue weighted by atomic mass is 9.76. The van der Waals surface area contributed by atoms with Gasteiger partial charge in [-0.1, -0.05) is 44.2 Å². The number of amides is 1. The summed E-state index contributed by atoms with van der Waals surface area (Å²) in [6.07, 6.45) is 3.65. The van der Waals surface area contributed by atoms with E-state index >= 15 is 0 Å². The maximum atomic E-state index is 12.8. The molecule has 1 amide bonds. The van der Waals surface area contributed by atoms with Crippen molar-refractivity contribution in [2.24, 2.45) is 5.41 Å². The molecule has 3 nitrogen and oxygen atoms in total. The van der Waals surface area contributed by atoms with Crippen molar-refractivity contribution in [2.75, 3.05) is 19.7 Å². The summed E-state index contributed by atoms with van der Waals surface area (Å²) in [7, 11) is 0. The zero-order chi connectivity index (χ0) is 15.3. The fraction of sp³-hybridized carbons (Fsp3) is 0.611. The number of aliphatic hydroxyl groups is 1. The molecule has 116 valence electrons. The van der Waals surface area contributed by atoms with Gasteiger partial charge in [-0.15, -0.1) is 0 Å². The monoisotopic (exact) mass is 289 g/mol. The Hall–Kier alpha value is -1.35. The van der Waals surface area contributed by atoms with Crippen LogP contribution in [0.15, 0.2) is 30.3 Å². The molecule has 1 atom stereocenters. The summed E-state index contributed by atoms with van der Waals surface area (Å²) in [6, 6.07) is 10.1. The predicted octanol–water partition coefficient (Wildman–Crippen LogP) is 3.19. The van der Waals surface area contributed by atoms with Crippen LogP contribution in [0.2, 0.25) is 0 Å². The third-order valence-corrected chi connectivity index (χ3v) is 5.13. The van der Waals surface area contributed by atoms with Crippen LogP contribution in [0.25, 0.3) is 0 Å². The van der Waals surface area contributed by atoms with Crippen molar-refractivity contribution in [1.29, 1.82) is 0 Å². The fourth-order valence-corrected chi connectivity index (χ4v) is 3.28. The van der Waals surface area contributed by atoms with Gasteiger partial charge in [-0.2, -0.15) is 0 Å². The normalized spacial score (nSPS) is 19.3. The second kappa shape index (κ2) is 7.08. The molecule has 2 rings (SSSR count). The molecule has 1 heterocycles. The van der Waals surface area contributed by atoms with Gasteiger partial charge in [-0.3, -0.25) is 4.79 Å². The molecule has 1 aliphatic rings. The zero-order valence-corrected chi connectivity index (χ0v) is 13.2. The molecule has 0 saturated carbocycles. The van der Waals surface area contributed by atoms with Crippen LogP contribution in [0, 0.1) is 5.41 Å². The minimum Gasteiger partial charge on any atom is -0.396 e. The van der Waals surface area contributed by atoms with Crippen LogP contribution < -0.4 is 0 Å². The fourth-order valence-electron chi connectivity index (χ4n) is 3.28. The number of hydrogen-bond donors (Lipinski definition) is 1. The number of aliphatic hydroxyl groups excluding tert-OH is 1. The van der Waals surface area contributed by atoms with Crippen molar-refractivity contribution in [3.63, 3.8) is 0 Å². The SMILES string of the molecule is CCC(C(=O)N1CCC(CC)(CO)CC1)c1ccccc1. The Morgan fingerprint density at radius 3 is 2.33 bits per heavy atom. The Balaban J connectivity index is 2.04. The molecule has 1 aromatic carbocycles. The Morgan fingerprint density at radius 1 is 1.24 bits per heavy atom. The third-order valence-electron chi connectivity index (χ3n) is 5.13. The Bertz CT molecular complexity index is 444.